The zero-order valence-corrected chi connectivity index (χ0v) is 12.8. The van der Waals surface area contributed by atoms with Gasteiger partial charge in [0.2, 0.25) is 0 Å². The van der Waals surface area contributed by atoms with Crippen LogP contribution in [0, 0.1) is 5.92 Å². The molecular weight excluding hydrogens is 250 g/mol. The summed E-state index contributed by atoms with van der Waals surface area (Å²) in [5.74, 6) is 0.667. The van der Waals surface area contributed by atoms with Gasteiger partial charge in [-0.2, -0.15) is 0 Å². The number of nitrogens with zero attached hydrogens (tertiary/aromatic N) is 1. The first-order valence-corrected chi connectivity index (χ1v) is 7.41. The van der Waals surface area contributed by atoms with E-state index in [2.05, 4.69) is 24.3 Å². The Kier molecular flexibility index (Phi) is 4.81. The van der Waals surface area contributed by atoms with E-state index in [9.17, 15) is 4.79 Å². The highest BCUT2D eigenvalue weighted by Gasteiger charge is 2.34. The van der Waals surface area contributed by atoms with Crippen molar-refractivity contribution < 1.29 is 9.53 Å². The molecule has 0 bridgehead atoms. The summed E-state index contributed by atoms with van der Waals surface area (Å²) in [6.07, 6.45) is 3.34. The molecule has 110 valence electrons. The van der Waals surface area contributed by atoms with Crippen LogP contribution in [0.2, 0.25) is 0 Å². The second-order valence-corrected chi connectivity index (χ2v) is 6.16. The molecule has 0 radical (unpaired) electrons. The number of amides is 1. The highest BCUT2D eigenvalue weighted by atomic mass is 16.5. The van der Waals surface area contributed by atoms with Gasteiger partial charge in [0.05, 0.1) is 0 Å². The van der Waals surface area contributed by atoms with E-state index < -0.39 is 5.60 Å². The van der Waals surface area contributed by atoms with E-state index in [4.69, 9.17) is 4.74 Å². The Morgan fingerprint density at radius 3 is 2.70 bits per heavy atom. The predicted octanol–water partition coefficient (Wildman–Crippen LogP) is 2.89. The van der Waals surface area contributed by atoms with Crippen LogP contribution in [0.15, 0.2) is 30.3 Å². The number of rotatable bonds is 4. The van der Waals surface area contributed by atoms with Gasteiger partial charge in [0.15, 0.2) is 0 Å². The maximum atomic E-state index is 12.4. The summed E-state index contributed by atoms with van der Waals surface area (Å²) in [5, 5.41) is 0. The quantitative estimate of drug-likeness (QED) is 0.845. The molecule has 0 saturated carbocycles. The van der Waals surface area contributed by atoms with Gasteiger partial charge >= 0.3 is 0 Å². The van der Waals surface area contributed by atoms with E-state index in [1.807, 2.05) is 24.8 Å². The number of hydrogen-bond donors (Lipinski definition) is 0. The molecule has 1 aliphatic heterocycles. The molecule has 0 aliphatic carbocycles. The Morgan fingerprint density at radius 1 is 1.35 bits per heavy atom. The number of piperidine rings is 1. The number of methoxy groups -OCH3 is 1. The van der Waals surface area contributed by atoms with E-state index in [1.165, 1.54) is 12.0 Å². The van der Waals surface area contributed by atoms with Crippen LogP contribution in [0.5, 0.6) is 0 Å². The Hall–Kier alpha value is -1.35. The Labute approximate surface area is 121 Å². The van der Waals surface area contributed by atoms with Gasteiger partial charge < -0.3 is 9.64 Å². The van der Waals surface area contributed by atoms with Gasteiger partial charge in [-0.05, 0) is 44.6 Å². The van der Waals surface area contributed by atoms with Crippen LogP contribution < -0.4 is 0 Å². The third-order valence-corrected chi connectivity index (χ3v) is 4.20. The second kappa shape index (κ2) is 6.40. The lowest BCUT2D eigenvalue weighted by atomic mass is 9.90. The maximum Gasteiger partial charge on any atom is 0.254 e. The zero-order valence-electron chi connectivity index (χ0n) is 12.8. The number of carbonyl (C=O) groups is 1. The van der Waals surface area contributed by atoms with E-state index in [0.717, 1.165) is 25.9 Å². The highest BCUT2D eigenvalue weighted by molar-refractivity contribution is 5.84. The molecule has 1 amide bonds. The lowest BCUT2D eigenvalue weighted by Gasteiger charge is -2.37. The number of hydrogen-bond acceptors (Lipinski definition) is 2. The monoisotopic (exact) mass is 275 g/mol. The minimum absolute atomic E-state index is 0.109. The summed E-state index contributed by atoms with van der Waals surface area (Å²) in [6.45, 7) is 5.39. The zero-order chi connectivity index (χ0) is 14.6. The van der Waals surface area contributed by atoms with Crippen molar-refractivity contribution >= 4 is 5.91 Å². The van der Waals surface area contributed by atoms with Gasteiger partial charge in [-0.15, -0.1) is 0 Å². The minimum Gasteiger partial charge on any atom is -0.369 e. The number of benzene rings is 1. The van der Waals surface area contributed by atoms with Crippen molar-refractivity contribution in [3.63, 3.8) is 0 Å². The fourth-order valence-electron chi connectivity index (χ4n) is 2.83. The van der Waals surface area contributed by atoms with Gasteiger partial charge in [-0.1, -0.05) is 30.3 Å². The number of likely N-dealkylation sites (tertiary alicyclic amines) is 1. The first-order valence-electron chi connectivity index (χ1n) is 7.41. The van der Waals surface area contributed by atoms with Crippen molar-refractivity contribution in [2.75, 3.05) is 20.2 Å². The molecule has 1 fully saturated rings. The minimum atomic E-state index is -0.714. The molecule has 0 spiro atoms. The van der Waals surface area contributed by atoms with E-state index >= 15 is 0 Å². The molecule has 1 heterocycles. The summed E-state index contributed by atoms with van der Waals surface area (Å²) in [4.78, 5) is 14.4. The molecule has 0 N–H and O–H groups in total. The van der Waals surface area contributed by atoms with E-state index in [-0.39, 0.29) is 5.91 Å². The Balaban J connectivity index is 1.97. The van der Waals surface area contributed by atoms with Crippen LogP contribution in [-0.4, -0.2) is 36.6 Å². The molecule has 2 rings (SSSR count). The molecule has 1 aromatic rings. The van der Waals surface area contributed by atoms with Crippen molar-refractivity contribution in [1.82, 2.24) is 4.90 Å². The van der Waals surface area contributed by atoms with Crippen molar-refractivity contribution in [2.24, 2.45) is 5.92 Å². The summed E-state index contributed by atoms with van der Waals surface area (Å²) >= 11 is 0. The molecule has 0 aromatic heterocycles. The Morgan fingerprint density at radius 2 is 2.05 bits per heavy atom. The van der Waals surface area contributed by atoms with Crippen molar-refractivity contribution in [3.05, 3.63) is 35.9 Å². The summed E-state index contributed by atoms with van der Waals surface area (Å²) in [7, 11) is 1.60. The third kappa shape index (κ3) is 3.60. The molecule has 3 heteroatoms. The summed E-state index contributed by atoms with van der Waals surface area (Å²) < 4.78 is 5.31. The Bertz CT molecular complexity index is 442. The molecule has 20 heavy (non-hydrogen) atoms. The van der Waals surface area contributed by atoms with Crippen LogP contribution in [0.1, 0.15) is 32.3 Å². The number of ether oxygens (including phenoxy) is 1. The molecule has 1 saturated heterocycles. The van der Waals surface area contributed by atoms with Crippen molar-refractivity contribution in [1.29, 1.82) is 0 Å². The van der Waals surface area contributed by atoms with Gasteiger partial charge in [-0.3, -0.25) is 4.79 Å². The second-order valence-electron chi connectivity index (χ2n) is 6.16. The van der Waals surface area contributed by atoms with Crippen molar-refractivity contribution in [2.45, 2.75) is 38.7 Å². The van der Waals surface area contributed by atoms with Gasteiger partial charge in [0.25, 0.3) is 5.91 Å². The first-order chi connectivity index (χ1) is 9.53. The predicted molar refractivity (Wildman–Crippen MR) is 80.5 cm³/mol. The van der Waals surface area contributed by atoms with Crippen LogP contribution >= 0.6 is 0 Å². The average molecular weight is 275 g/mol. The SMILES string of the molecule is COC(C)(C)C(=O)N1CCCC(Cc2ccccc2)C1. The van der Waals surface area contributed by atoms with Crippen LogP contribution in [0.3, 0.4) is 0 Å². The molecular formula is C17H25NO2. The molecule has 1 unspecified atom stereocenters. The molecule has 1 aliphatic rings. The molecule has 1 aromatic carbocycles. The van der Waals surface area contributed by atoms with Crippen LogP contribution in [-0.2, 0) is 16.0 Å². The van der Waals surface area contributed by atoms with Crippen molar-refractivity contribution in [3.8, 4) is 0 Å². The first kappa shape index (κ1) is 15.0. The van der Waals surface area contributed by atoms with Gasteiger partial charge in [0, 0.05) is 20.2 Å². The fourth-order valence-corrected chi connectivity index (χ4v) is 2.83. The number of carbonyl (C=O) groups excluding carboxylic acids is 1. The average Bonchev–Trinajstić information content (AvgIpc) is 2.48. The standard InChI is InChI=1S/C17H25NO2/c1-17(2,20-3)16(19)18-11-7-10-15(13-18)12-14-8-5-4-6-9-14/h4-6,8-9,15H,7,10-13H2,1-3H3. The smallest absolute Gasteiger partial charge is 0.254 e. The fraction of sp³-hybridized carbons (Fsp3) is 0.588. The third-order valence-electron chi connectivity index (χ3n) is 4.20. The van der Waals surface area contributed by atoms with E-state index in [0.29, 0.717) is 5.92 Å². The maximum absolute atomic E-state index is 12.4. The summed E-state index contributed by atoms with van der Waals surface area (Å²) in [5.41, 5.74) is 0.645. The van der Waals surface area contributed by atoms with E-state index in [1.54, 1.807) is 7.11 Å². The van der Waals surface area contributed by atoms with Crippen LogP contribution in [0.4, 0.5) is 0 Å². The van der Waals surface area contributed by atoms with Crippen LogP contribution in [0.25, 0.3) is 0 Å². The highest BCUT2D eigenvalue weighted by Crippen LogP contribution is 2.23. The van der Waals surface area contributed by atoms with Gasteiger partial charge in [0.1, 0.15) is 5.60 Å². The normalized spacial score (nSPS) is 19.9. The molecule has 1 atom stereocenters. The lowest BCUT2D eigenvalue weighted by molar-refractivity contribution is -0.152. The largest absolute Gasteiger partial charge is 0.369 e. The summed E-state index contributed by atoms with van der Waals surface area (Å²) in [6, 6.07) is 10.5. The topological polar surface area (TPSA) is 29.5 Å². The van der Waals surface area contributed by atoms with Gasteiger partial charge in [-0.25, -0.2) is 0 Å². The lowest BCUT2D eigenvalue weighted by Crippen LogP contribution is -2.50. The molecule has 3 nitrogen and oxygen atoms in total.